The molecule has 1 saturated carbocycles. The molecular weight excluding hydrogens is 272 g/mol. The SMILES string of the molecule is CCCN(C(=O)c1cc(=O)[nH]c(=O)[nH]1)C1CCC(N)CC1. The monoisotopic (exact) mass is 294 g/mol. The molecular formula is C14H22N4O3. The van der Waals surface area contributed by atoms with Crippen LogP contribution in [0.2, 0.25) is 0 Å². The van der Waals surface area contributed by atoms with Gasteiger partial charge in [0.15, 0.2) is 0 Å². The van der Waals surface area contributed by atoms with Gasteiger partial charge in [-0.3, -0.25) is 14.6 Å². The molecule has 0 atom stereocenters. The van der Waals surface area contributed by atoms with Crippen LogP contribution in [-0.4, -0.2) is 39.4 Å². The summed E-state index contributed by atoms with van der Waals surface area (Å²) in [6.07, 6.45) is 4.33. The highest BCUT2D eigenvalue weighted by atomic mass is 16.2. The summed E-state index contributed by atoms with van der Waals surface area (Å²) in [6, 6.07) is 1.47. The average molecular weight is 294 g/mol. The predicted molar refractivity (Wildman–Crippen MR) is 79.2 cm³/mol. The van der Waals surface area contributed by atoms with Gasteiger partial charge in [0.25, 0.3) is 11.5 Å². The van der Waals surface area contributed by atoms with Gasteiger partial charge in [0.05, 0.1) is 0 Å². The standard InChI is InChI=1S/C14H22N4O3/c1-2-7-18(10-5-3-9(15)4-6-10)13(20)11-8-12(19)17-14(21)16-11/h8-10H,2-7,15H2,1H3,(H2,16,17,19,21). The van der Waals surface area contributed by atoms with E-state index in [1.54, 1.807) is 4.90 Å². The summed E-state index contributed by atoms with van der Waals surface area (Å²) < 4.78 is 0. The first-order chi connectivity index (χ1) is 10.0. The molecule has 21 heavy (non-hydrogen) atoms. The first kappa shape index (κ1) is 15.5. The number of amides is 1. The van der Waals surface area contributed by atoms with E-state index in [9.17, 15) is 14.4 Å². The number of carbonyl (C=O) groups is 1. The van der Waals surface area contributed by atoms with Crippen LogP contribution in [0, 0.1) is 0 Å². The maximum Gasteiger partial charge on any atom is 0.326 e. The van der Waals surface area contributed by atoms with Crippen molar-refractivity contribution in [3.05, 3.63) is 32.6 Å². The molecule has 1 amide bonds. The Hall–Kier alpha value is -1.89. The van der Waals surface area contributed by atoms with Crippen molar-refractivity contribution in [1.82, 2.24) is 14.9 Å². The van der Waals surface area contributed by atoms with E-state index < -0.39 is 11.2 Å². The van der Waals surface area contributed by atoms with Crippen LogP contribution in [0.3, 0.4) is 0 Å². The zero-order valence-corrected chi connectivity index (χ0v) is 12.2. The third-order valence-corrected chi connectivity index (χ3v) is 3.90. The number of nitrogens with two attached hydrogens (primary N) is 1. The second-order valence-corrected chi connectivity index (χ2v) is 5.57. The van der Waals surface area contributed by atoms with Crippen molar-refractivity contribution in [1.29, 1.82) is 0 Å². The number of rotatable bonds is 4. The Labute approximate surface area is 122 Å². The van der Waals surface area contributed by atoms with Gasteiger partial charge in [0, 0.05) is 24.7 Å². The van der Waals surface area contributed by atoms with Gasteiger partial charge >= 0.3 is 5.69 Å². The summed E-state index contributed by atoms with van der Waals surface area (Å²) in [7, 11) is 0. The summed E-state index contributed by atoms with van der Waals surface area (Å²) in [5.74, 6) is -0.291. The molecule has 2 rings (SSSR count). The van der Waals surface area contributed by atoms with Crippen LogP contribution >= 0.6 is 0 Å². The zero-order chi connectivity index (χ0) is 15.4. The molecule has 1 aromatic heterocycles. The Morgan fingerprint density at radius 2 is 1.95 bits per heavy atom. The summed E-state index contributed by atoms with van der Waals surface area (Å²) in [4.78, 5) is 41.5. The van der Waals surface area contributed by atoms with Crippen molar-refractivity contribution in [2.24, 2.45) is 5.73 Å². The topological polar surface area (TPSA) is 112 Å². The molecule has 4 N–H and O–H groups in total. The smallest absolute Gasteiger partial charge is 0.326 e. The second kappa shape index (κ2) is 6.71. The van der Waals surface area contributed by atoms with Gasteiger partial charge in [-0.05, 0) is 32.1 Å². The van der Waals surface area contributed by atoms with E-state index in [1.165, 1.54) is 0 Å². The third-order valence-electron chi connectivity index (χ3n) is 3.90. The Morgan fingerprint density at radius 1 is 1.29 bits per heavy atom. The van der Waals surface area contributed by atoms with E-state index in [0.29, 0.717) is 6.54 Å². The molecule has 116 valence electrons. The van der Waals surface area contributed by atoms with E-state index in [2.05, 4.69) is 9.97 Å². The van der Waals surface area contributed by atoms with Crippen LogP contribution in [0.5, 0.6) is 0 Å². The van der Waals surface area contributed by atoms with Crippen LogP contribution in [0.25, 0.3) is 0 Å². The fourth-order valence-electron chi connectivity index (χ4n) is 2.84. The number of hydrogen-bond acceptors (Lipinski definition) is 4. The van der Waals surface area contributed by atoms with Gasteiger partial charge in [0.2, 0.25) is 0 Å². The minimum atomic E-state index is -0.659. The second-order valence-electron chi connectivity index (χ2n) is 5.57. The summed E-state index contributed by atoms with van der Waals surface area (Å²) in [5.41, 5.74) is 4.72. The van der Waals surface area contributed by atoms with E-state index in [4.69, 9.17) is 5.73 Å². The lowest BCUT2D eigenvalue weighted by atomic mass is 9.90. The van der Waals surface area contributed by atoms with Crippen LogP contribution in [0.4, 0.5) is 0 Å². The van der Waals surface area contributed by atoms with E-state index in [1.807, 2.05) is 6.92 Å². The Balaban J connectivity index is 2.22. The highest BCUT2D eigenvalue weighted by molar-refractivity contribution is 5.92. The van der Waals surface area contributed by atoms with Gasteiger partial charge in [-0.15, -0.1) is 0 Å². The summed E-state index contributed by atoms with van der Waals surface area (Å²) >= 11 is 0. The molecule has 1 fully saturated rings. The molecule has 1 aliphatic carbocycles. The molecule has 1 aliphatic rings. The van der Waals surface area contributed by atoms with Gasteiger partial charge in [-0.2, -0.15) is 0 Å². The van der Waals surface area contributed by atoms with Crippen molar-refractivity contribution >= 4 is 5.91 Å². The molecule has 0 aliphatic heterocycles. The quantitative estimate of drug-likeness (QED) is 0.735. The number of aromatic amines is 2. The fraction of sp³-hybridized carbons (Fsp3) is 0.643. The largest absolute Gasteiger partial charge is 0.334 e. The summed E-state index contributed by atoms with van der Waals surface area (Å²) in [5, 5.41) is 0. The van der Waals surface area contributed by atoms with Crippen LogP contribution in [-0.2, 0) is 0 Å². The number of H-pyrrole nitrogens is 2. The maximum atomic E-state index is 12.6. The molecule has 0 aromatic carbocycles. The molecule has 0 spiro atoms. The van der Waals surface area contributed by atoms with Crippen LogP contribution in [0.15, 0.2) is 15.7 Å². The fourth-order valence-corrected chi connectivity index (χ4v) is 2.84. The van der Waals surface area contributed by atoms with E-state index >= 15 is 0 Å². The van der Waals surface area contributed by atoms with Gasteiger partial charge in [-0.1, -0.05) is 6.92 Å². The Kier molecular flexibility index (Phi) is 4.95. The Morgan fingerprint density at radius 3 is 2.52 bits per heavy atom. The molecule has 1 aromatic rings. The number of carbonyl (C=O) groups excluding carboxylic acids is 1. The first-order valence-electron chi connectivity index (χ1n) is 7.41. The van der Waals surface area contributed by atoms with Gasteiger partial charge in [0.1, 0.15) is 5.69 Å². The molecule has 0 bridgehead atoms. The molecule has 1 heterocycles. The predicted octanol–water partition coefficient (Wildman–Crippen LogP) is 0.185. The number of hydrogen-bond donors (Lipinski definition) is 3. The number of nitrogens with one attached hydrogen (secondary N) is 2. The van der Waals surface area contributed by atoms with Crippen molar-refractivity contribution < 1.29 is 4.79 Å². The van der Waals surface area contributed by atoms with Gasteiger partial charge in [-0.25, -0.2) is 4.79 Å². The van der Waals surface area contributed by atoms with Crippen LogP contribution in [0.1, 0.15) is 49.5 Å². The van der Waals surface area contributed by atoms with Crippen LogP contribution < -0.4 is 17.0 Å². The normalized spacial score (nSPS) is 22.0. The van der Waals surface area contributed by atoms with Crippen molar-refractivity contribution in [2.75, 3.05) is 6.54 Å². The molecule has 7 nitrogen and oxygen atoms in total. The lowest BCUT2D eigenvalue weighted by Crippen LogP contribution is -2.45. The first-order valence-corrected chi connectivity index (χ1v) is 7.41. The number of aromatic nitrogens is 2. The minimum absolute atomic E-state index is 0.0482. The van der Waals surface area contributed by atoms with Gasteiger partial charge < -0.3 is 15.6 Å². The van der Waals surface area contributed by atoms with Crippen molar-refractivity contribution in [3.63, 3.8) is 0 Å². The minimum Gasteiger partial charge on any atom is -0.334 e. The van der Waals surface area contributed by atoms with Crippen molar-refractivity contribution in [3.8, 4) is 0 Å². The highest BCUT2D eigenvalue weighted by Crippen LogP contribution is 2.23. The van der Waals surface area contributed by atoms with E-state index in [-0.39, 0.29) is 23.7 Å². The highest BCUT2D eigenvalue weighted by Gasteiger charge is 2.28. The third kappa shape index (κ3) is 3.81. The summed E-state index contributed by atoms with van der Waals surface area (Å²) in [6.45, 7) is 2.60. The lowest BCUT2D eigenvalue weighted by molar-refractivity contribution is 0.0620. The zero-order valence-electron chi connectivity index (χ0n) is 12.2. The maximum absolute atomic E-state index is 12.6. The molecule has 0 radical (unpaired) electrons. The van der Waals surface area contributed by atoms with Crippen molar-refractivity contribution in [2.45, 2.75) is 51.1 Å². The lowest BCUT2D eigenvalue weighted by Gasteiger charge is -2.36. The average Bonchev–Trinajstić information content (AvgIpc) is 2.44. The Bertz CT molecular complexity index is 570. The molecule has 7 heteroatoms. The number of nitrogens with zero attached hydrogens (tertiary/aromatic N) is 1. The molecule has 0 unspecified atom stereocenters. The molecule has 0 saturated heterocycles. The van der Waals surface area contributed by atoms with E-state index in [0.717, 1.165) is 38.2 Å².